The van der Waals surface area contributed by atoms with Gasteiger partial charge in [0.05, 0.1) is 67.6 Å². The molecule has 11 nitrogen and oxygen atoms in total. The number of hydrogen-bond acceptors (Lipinski definition) is 11. The minimum atomic E-state index is -0.872. The van der Waals surface area contributed by atoms with Crippen molar-refractivity contribution in [1.29, 1.82) is 0 Å². The highest BCUT2D eigenvalue weighted by Gasteiger charge is 2.68. The molecule has 10 rings (SSSR count). The number of Topliss-reactive ketones (excluding diaryl/α,β-unsaturated/α-hetero) is 1. The highest BCUT2D eigenvalue weighted by atomic mass is 16.8. The number of aliphatic hydroxyl groups excluding tert-OH is 2. The van der Waals surface area contributed by atoms with E-state index < -0.39 is 11.9 Å². The number of aliphatic hydroxyl groups is 2. The number of hydrogen-bond donors (Lipinski definition) is 2. The Bertz CT molecular complexity index is 1360. The first-order valence-corrected chi connectivity index (χ1v) is 20.0. The first kappa shape index (κ1) is 35.5. The van der Waals surface area contributed by atoms with Crippen molar-refractivity contribution in [3.63, 3.8) is 0 Å². The normalized spacial score (nSPS) is 53.2. The predicted molar refractivity (Wildman–Crippen MR) is 183 cm³/mol. The second-order valence-corrected chi connectivity index (χ2v) is 17.5. The van der Waals surface area contributed by atoms with E-state index in [4.69, 9.17) is 37.9 Å². The third kappa shape index (κ3) is 6.53. The Hall–Kier alpha value is -1.25. The van der Waals surface area contributed by atoms with Gasteiger partial charge in [-0.15, -0.1) is 0 Å². The number of fused-ring (bicyclic) bond motifs is 6. The fourth-order valence-corrected chi connectivity index (χ4v) is 11.3. The van der Waals surface area contributed by atoms with Gasteiger partial charge in [0.1, 0.15) is 36.3 Å². The number of carbonyl (C=O) groups excluding carboxylic acids is 1. The van der Waals surface area contributed by atoms with Crippen LogP contribution in [0.2, 0.25) is 0 Å². The van der Waals surface area contributed by atoms with E-state index in [0.717, 1.165) is 56.1 Å². The molecule has 0 aliphatic carbocycles. The summed E-state index contributed by atoms with van der Waals surface area (Å²) in [6, 6.07) is 0. The summed E-state index contributed by atoms with van der Waals surface area (Å²) in [5, 5.41) is 20.0. The second-order valence-electron chi connectivity index (χ2n) is 17.5. The SMILES string of the molecule is C=C1C2C[C@@H]3O[C@H](C[C@H](O)CO)[C@H](C)[C@H]3CC(=O)CC3CCC4O[C@H]5[C@H]6OC7(CC[C@H]8CC(=C)[C@H](CCC(C[C@H]1C)O2)O8)C[C@@H]6O[C@H]5[C@@H](O7)C4O3. The summed E-state index contributed by atoms with van der Waals surface area (Å²) in [6.07, 6.45) is 5.65. The zero-order valence-electron chi connectivity index (χ0n) is 30.3. The molecule has 10 fully saturated rings. The van der Waals surface area contributed by atoms with Crippen LogP contribution in [0.4, 0.5) is 0 Å². The largest absolute Gasteiger partial charge is 0.394 e. The van der Waals surface area contributed by atoms with E-state index in [1.165, 1.54) is 0 Å². The molecule has 10 aliphatic rings. The predicted octanol–water partition coefficient (Wildman–Crippen LogP) is 4.09. The Morgan fingerprint density at radius 1 is 0.745 bits per heavy atom. The van der Waals surface area contributed by atoms with Crippen molar-refractivity contribution in [2.45, 2.75) is 195 Å². The van der Waals surface area contributed by atoms with Crippen LogP contribution in [0, 0.1) is 17.8 Å². The molecule has 10 saturated heterocycles. The summed E-state index contributed by atoms with van der Waals surface area (Å²) < 4.78 is 53.9. The van der Waals surface area contributed by atoms with Crippen LogP contribution in [0.1, 0.15) is 97.3 Å². The summed E-state index contributed by atoms with van der Waals surface area (Å²) in [7, 11) is 0. The van der Waals surface area contributed by atoms with E-state index in [0.29, 0.717) is 44.4 Å². The molecular formula is C40H58O11. The molecule has 0 aromatic rings. The molecule has 10 heterocycles. The molecule has 284 valence electrons. The van der Waals surface area contributed by atoms with E-state index in [1.54, 1.807) is 0 Å². The summed E-state index contributed by atoms with van der Waals surface area (Å²) in [5.41, 5.74) is 2.22. The molecule has 0 saturated carbocycles. The van der Waals surface area contributed by atoms with Crippen LogP contribution in [0.3, 0.4) is 0 Å². The van der Waals surface area contributed by atoms with E-state index in [-0.39, 0.29) is 110 Å². The number of carbonyl (C=O) groups is 1. The Morgan fingerprint density at radius 3 is 2.33 bits per heavy atom. The minimum Gasteiger partial charge on any atom is -0.394 e. The molecule has 51 heavy (non-hydrogen) atoms. The van der Waals surface area contributed by atoms with Gasteiger partial charge in [-0.25, -0.2) is 0 Å². The van der Waals surface area contributed by atoms with Gasteiger partial charge in [0.25, 0.3) is 0 Å². The third-order valence-corrected chi connectivity index (χ3v) is 14.1. The smallest absolute Gasteiger partial charge is 0.172 e. The Morgan fingerprint density at radius 2 is 1.49 bits per heavy atom. The van der Waals surface area contributed by atoms with Crippen LogP contribution in [-0.4, -0.2) is 120 Å². The Balaban J connectivity index is 0.986. The van der Waals surface area contributed by atoms with Gasteiger partial charge >= 0.3 is 0 Å². The van der Waals surface area contributed by atoms with E-state index >= 15 is 0 Å². The van der Waals surface area contributed by atoms with Gasteiger partial charge in [-0.1, -0.05) is 27.0 Å². The third-order valence-electron chi connectivity index (χ3n) is 14.1. The lowest BCUT2D eigenvalue weighted by Crippen LogP contribution is -2.61. The number of ether oxygens (including phenoxy) is 8. The van der Waals surface area contributed by atoms with Gasteiger partial charge < -0.3 is 48.1 Å². The zero-order valence-corrected chi connectivity index (χ0v) is 30.3. The standard InChI is InChI=1S/C40H58O11/c1-19-11-25-5-7-29-20(2)12-27(44-29)9-10-40-17-34-36(50-40)37-38(49-34)39(51-40)35-30(48-37)8-6-26(46-35)13-23(42)14-28-22(4)31(15-24(43)18-41)47-33(28)16-32(45-25)21(19)3/h19,22,24-39,41,43H,2-3,5-18H2,1,4H3/t19-,22-,24+,25?,26?,27+,28-,29+,30?,31-,32?,33+,34+,35?,36+,37+,38-,39+,40?/m1/s1. The summed E-state index contributed by atoms with van der Waals surface area (Å²) in [4.78, 5) is 14.0. The lowest BCUT2D eigenvalue weighted by atomic mass is 9.79. The molecule has 1 spiro atoms. The maximum Gasteiger partial charge on any atom is 0.172 e. The van der Waals surface area contributed by atoms with Crippen molar-refractivity contribution in [3.8, 4) is 0 Å². The summed E-state index contributed by atoms with van der Waals surface area (Å²) >= 11 is 0. The highest BCUT2D eigenvalue weighted by molar-refractivity contribution is 5.79. The second kappa shape index (κ2) is 13.8. The fourth-order valence-electron chi connectivity index (χ4n) is 11.3. The van der Waals surface area contributed by atoms with Crippen molar-refractivity contribution in [2.24, 2.45) is 17.8 Å². The topological polar surface area (TPSA) is 131 Å². The maximum atomic E-state index is 14.0. The molecule has 19 atom stereocenters. The average molecular weight is 715 g/mol. The van der Waals surface area contributed by atoms with E-state index in [1.807, 2.05) is 0 Å². The fraction of sp³-hybridized carbons (Fsp3) is 0.875. The molecule has 0 amide bonds. The van der Waals surface area contributed by atoms with Crippen LogP contribution in [0.25, 0.3) is 0 Å². The van der Waals surface area contributed by atoms with Gasteiger partial charge in [0.2, 0.25) is 0 Å². The van der Waals surface area contributed by atoms with Gasteiger partial charge in [0, 0.05) is 38.5 Å². The molecule has 12 bridgehead atoms. The number of rotatable bonds is 3. The molecule has 11 heteroatoms. The van der Waals surface area contributed by atoms with Crippen LogP contribution >= 0.6 is 0 Å². The summed E-state index contributed by atoms with van der Waals surface area (Å²) in [5.74, 6) is -0.367. The quantitative estimate of drug-likeness (QED) is 0.410. The average Bonchev–Trinajstić information content (AvgIpc) is 3.77. The van der Waals surface area contributed by atoms with Crippen LogP contribution in [0.5, 0.6) is 0 Å². The molecular weight excluding hydrogens is 656 g/mol. The molecule has 10 aliphatic heterocycles. The molecule has 0 radical (unpaired) electrons. The molecule has 6 unspecified atom stereocenters. The first-order valence-electron chi connectivity index (χ1n) is 20.0. The van der Waals surface area contributed by atoms with Crippen LogP contribution in [0.15, 0.2) is 24.3 Å². The van der Waals surface area contributed by atoms with Crippen molar-refractivity contribution >= 4 is 5.78 Å². The van der Waals surface area contributed by atoms with Crippen molar-refractivity contribution < 1.29 is 52.9 Å². The summed E-state index contributed by atoms with van der Waals surface area (Å²) in [6.45, 7) is 12.9. The van der Waals surface area contributed by atoms with E-state index in [2.05, 4.69) is 27.0 Å². The molecule has 0 aromatic heterocycles. The van der Waals surface area contributed by atoms with Gasteiger partial charge in [-0.05, 0) is 73.8 Å². The van der Waals surface area contributed by atoms with Crippen molar-refractivity contribution in [2.75, 3.05) is 6.61 Å². The maximum absolute atomic E-state index is 14.0. The lowest BCUT2D eigenvalue weighted by molar-refractivity contribution is -0.292. The number of ketones is 1. The van der Waals surface area contributed by atoms with Gasteiger partial charge in [-0.3, -0.25) is 4.79 Å². The lowest BCUT2D eigenvalue weighted by Gasteiger charge is -2.47. The first-order chi connectivity index (χ1) is 24.6. The van der Waals surface area contributed by atoms with Crippen molar-refractivity contribution in [1.82, 2.24) is 0 Å². The highest BCUT2D eigenvalue weighted by Crippen LogP contribution is 2.54. The van der Waals surface area contributed by atoms with Crippen LogP contribution in [-0.2, 0) is 42.7 Å². The van der Waals surface area contributed by atoms with Gasteiger partial charge in [0.15, 0.2) is 5.79 Å². The molecule has 0 aromatic carbocycles. The van der Waals surface area contributed by atoms with Gasteiger partial charge in [-0.2, -0.15) is 0 Å². The molecule has 2 N–H and O–H groups in total. The minimum absolute atomic E-state index is 0.00894. The zero-order chi connectivity index (χ0) is 35.2. The van der Waals surface area contributed by atoms with Crippen molar-refractivity contribution in [3.05, 3.63) is 24.3 Å². The monoisotopic (exact) mass is 714 g/mol. The Kier molecular flexibility index (Phi) is 9.59. The van der Waals surface area contributed by atoms with Crippen LogP contribution < -0.4 is 0 Å². The Labute approximate surface area is 301 Å². The van der Waals surface area contributed by atoms with E-state index in [9.17, 15) is 15.0 Å².